The average molecular weight is 584 g/mol. The SMILES string of the molecule is CC(C)N(C(=O)c1cc(F)ccc1-n1cc(C2CN(C[C@H]3CC[C@H](NS(C)(=O)=O)CC3)C2)c2ccncc21)C(C)C. The highest BCUT2D eigenvalue weighted by molar-refractivity contribution is 7.88. The minimum atomic E-state index is -3.16. The van der Waals surface area contributed by atoms with Crippen LogP contribution in [0.3, 0.4) is 0 Å². The molecular weight excluding hydrogens is 541 g/mol. The molecule has 0 bridgehead atoms. The molecule has 1 saturated heterocycles. The fraction of sp³-hybridized carbons (Fsp3) is 0.548. The maximum Gasteiger partial charge on any atom is 0.256 e. The van der Waals surface area contributed by atoms with Crippen molar-refractivity contribution in [3.05, 3.63) is 59.8 Å². The molecule has 41 heavy (non-hydrogen) atoms. The van der Waals surface area contributed by atoms with Gasteiger partial charge in [-0.2, -0.15) is 0 Å². The zero-order valence-corrected chi connectivity index (χ0v) is 25.5. The number of benzene rings is 1. The van der Waals surface area contributed by atoms with Crippen LogP contribution in [0.5, 0.6) is 0 Å². The maximum atomic E-state index is 14.5. The number of halogens is 1. The van der Waals surface area contributed by atoms with Gasteiger partial charge in [0.2, 0.25) is 10.0 Å². The van der Waals surface area contributed by atoms with Gasteiger partial charge in [0.05, 0.1) is 29.2 Å². The van der Waals surface area contributed by atoms with Crippen molar-refractivity contribution in [2.75, 3.05) is 25.9 Å². The zero-order valence-electron chi connectivity index (χ0n) is 24.7. The highest BCUT2D eigenvalue weighted by Crippen LogP contribution is 2.37. The van der Waals surface area contributed by atoms with Gasteiger partial charge in [-0.25, -0.2) is 17.5 Å². The molecule has 1 aromatic carbocycles. The predicted octanol–water partition coefficient (Wildman–Crippen LogP) is 4.93. The maximum absolute atomic E-state index is 14.5. The molecule has 222 valence electrons. The quantitative estimate of drug-likeness (QED) is 0.386. The van der Waals surface area contributed by atoms with E-state index in [1.165, 1.54) is 24.0 Å². The van der Waals surface area contributed by atoms with E-state index in [-0.39, 0.29) is 24.0 Å². The first kappa shape index (κ1) is 29.7. The lowest BCUT2D eigenvalue weighted by molar-refractivity contribution is 0.0643. The van der Waals surface area contributed by atoms with Crippen molar-refractivity contribution >= 4 is 26.8 Å². The van der Waals surface area contributed by atoms with E-state index >= 15 is 0 Å². The van der Waals surface area contributed by atoms with E-state index in [1.807, 2.05) is 44.5 Å². The molecule has 0 spiro atoms. The number of pyridine rings is 1. The molecule has 3 heterocycles. The highest BCUT2D eigenvalue weighted by Gasteiger charge is 2.34. The van der Waals surface area contributed by atoms with Gasteiger partial charge in [0.15, 0.2) is 0 Å². The minimum absolute atomic E-state index is 0.0239. The van der Waals surface area contributed by atoms with Crippen LogP contribution in [-0.4, -0.2) is 77.7 Å². The molecule has 2 aliphatic rings. The molecule has 8 nitrogen and oxygen atoms in total. The Morgan fingerprint density at radius 1 is 1.10 bits per heavy atom. The van der Waals surface area contributed by atoms with Crippen molar-refractivity contribution in [3.8, 4) is 5.69 Å². The molecule has 0 atom stereocenters. The van der Waals surface area contributed by atoms with Crippen LogP contribution in [0.1, 0.15) is 75.2 Å². The molecule has 3 aromatic rings. The number of sulfonamides is 1. The van der Waals surface area contributed by atoms with Gasteiger partial charge in [-0.1, -0.05) is 0 Å². The number of hydrogen-bond acceptors (Lipinski definition) is 5. The van der Waals surface area contributed by atoms with Crippen molar-refractivity contribution in [2.24, 2.45) is 5.92 Å². The van der Waals surface area contributed by atoms with Gasteiger partial charge < -0.3 is 14.4 Å². The van der Waals surface area contributed by atoms with E-state index in [4.69, 9.17) is 0 Å². The largest absolute Gasteiger partial charge is 0.334 e. The van der Waals surface area contributed by atoms with Crippen molar-refractivity contribution < 1.29 is 17.6 Å². The number of nitrogens with one attached hydrogen (secondary N) is 1. The lowest BCUT2D eigenvalue weighted by Gasteiger charge is -2.42. The summed E-state index contributed by atoms with van der Waals surface area (Å²) in [7, 11) is -3.16. The number of aromatic nitrogens is 2. The number of likely N-dealkylation sites (tertiary alicyclic amines) is 1. The fourth-order valence-corrected chi connectivity index (χ4v) is 7.61. The highest BCUT2D eigenvalue weighted by atomic mass is 32.2. The third-order valence-electron chi connectivity index (χ3n) is 8.58. The number of hydrogen-bond donors (Lipinski definition) is 1. The second kappa shape index (κ2) is 11.8. The molecular formula is C31H42FN5O3S. The van der Waals surface area contributed by atoms with Gasteiger partial charge in [-0.05, 0) is 89.1 Å². The van der Waals surface area contributed by atoms with Crippen LogP contribution in [0.15, 0.2) is 42.9 Å². The normalized spacial score (nSPS) is 20.6. The average Bonchev–Trinajstić information content (AvgIpc) is 3.24. The Hall–Kier alpha value is -2.82. The van der Waals surface area contributed by atoms with E-state index in [0.29, 0.717) is 23.1 Å². The minimum Gasteiger partial charge on any atom is -0.334 e. The second-order valence-corrected chi connectivity index (χ2v) is 14.2. The summed E-state index contributed by atoms with van der Waals surface area (Å²) >= 11 is 0. The molecule has 1 saturated carbocycles. The van der Waals surface area contributed by atoms with E-state index in [9.17, 15) is 17.6 Å². The first-order chi connectivity index (χ1) is 19.4. The Kier molecular flexibility index (Phi) is 8.55. The number of fused-ring (bicyclic) bond motifs is 1. The second-order valence-electron chi connectivity index (χ2n) is 12.4. The number of carbonyl (C=O) groups excluding carboxylic acids is 1. The Bertz CT molecular complexity index is 1500. The molecule has 1 aliphatic carbocycles. The smallest absolute Gasteiger partial charge is 0.256 e. The topological polar surface area (TPSA) is 87.5 Å². The Morgan fingerprint density at radius 2 is 1.78 bits per heavy atom. The third-order valence-corrected chi connectivity index (χ3v) is 9.34. The van der Waals surface area contributed by atoms with Gasteiger partial charge in [0.1, 0.15) is 5.82 Å². The van der Waals surface area contributed by atoms with Crippen molar-refractivity contribution in [1.29, 1.82) is 0 Å². The summed E-state index contributed by atoms with van der Waals surface area (Å²) in [6, 6.07) is 6.49. The Labute approximate surface area is 243 Å². The molecule has 1 N–H and O–H groups in total. The first-order valence-corrected chi connectivity index (χ1v) is 16.6. The van der Waals surface area contributed by atoms with E-state index in [2.05, 4.69) is 20.8 Å². The summed E-state index contributed by atoms with van der Waals surface area (Å²) < 4.78 is 42.4. The van der Waals surface area contributed by atoms with Gasteiger partial charge in [-0.3, -0.25) is 9.78 Å². The molecule has 2 aromatic heterocycles. The Balaban J connectivity index is 1.35. The zero-order chi connectivity index (χ0) is 29.5. The lowest BCUT2D eigenvalue weighted by Crippen LogP contribution is -2.48. The summed E-state index contributed by atoms with van der Waals surface area (Å²) in [5.74, 6) is 0.312. The summed E-state index contributed by atoms with van der Waals surface area (Å²) in [6.45, 7) is 10.8. The van der Waals surface area contributed by atoms with Crippen molar-refractivity contribution in [2.45, 2.75) is 77.4 Å². The standard InChI is InChI=1S/C31H42FN5O3S/c1-20(2)37(21(3)4)31(38)27-14-24(32)8-11-29(27)36-19-28(26-12-13-33-15-30(26)36)23-17-35(18-23)16-22-6-9-25(10-7-22)34-41(5,39)40/h8,11-15,19-23,25,34H,6-7,9-10,16-18H2,1-5H3/t22-,25-. The molecule has 10 heteroatoms. The molecule has 0 unspecified atom stereocenters. The van der Waals surface area contributed by atoms with Crippen LogP contribution >= 0.6 is 0 Å². The molecule has 5 rings (SSSR count). The lowest BCUT2D eigenvalue weighted by atomic mass is 9.84. The summed E-state index contributed by atoms with van der Waals surface area (Å²) in [6.07, 6.45) is 10.8. The monoisotopic (exact) mass is 583 g/mol. The fourth-order valence-electron chi connectivity index (χ4n) is 6.77. The molecule has 1 aliphatic heterocycles. The van der Waals surface area contributed by atoms with E-state index in [0.717, 1.165) is 56.2 Å². The van der Waals surface area contributed by atoms with Gasteiger partial charge in [0.25, 0.3) is 5.91 Å². The van der Waals surface area contributed by atoms with Crippen LogP contribution in [-0.2, 0) is 10.0 Å². The van der Waals surface area contributed by atoms with E-state index < -0.39 is 15.8 Å². The van der Waals surface area contributed by atoms with Crippen LogP contribution in [0.25, 0.3) is 16.6 Å². The molecule has 2 fully saturated rings. The van der Waals surface area contributed by atoms with Gasteiger partial charge >= 0.3 is 0 Å². The van der Waals surface area contributed by atoms with Crippen LogP contribution < -0.4 is 4.72 Å². The Morgan fingerprint density at radius 3 is 2.41 bits per heavy atom. The van der Waals surface area contributed by atoms with E-state index in [1.54, 1.807) is 17.2 Å². The summed E-state index contributed by atoms with van der Waals surface area (Å²) in [5.41, 5.74) is 3.12. The number of carbonyl (C=O) groups is 1. The number of nitrogens with zero attached hydrogens (tertiary/aromatic N) is 4. The van der Waals surface area contributed by atoms with Crippen LogP contribution in [0.2, 0.25) is 0 Å². The molecule has 1 amide bonds. The first-order valence-electron chi connectivity index (χ1n) is 14.7. The van der Waals surface area contributed by atoms with Crippen molar-refractivity contribution in [3.63, 3.8) is 0 Å². The predicted molar refractivity (Wildman–Crippen MR) is 160 cm³/mol. The summed E-state index contributed by atoms with van der Waals surface area (Å²) in [4.78, 5) is 22.4. The van der Waals surface area contributed by atoms with Crippen molar-refractivity contribution in [1.82, 2.24) is 24.1 Å². The number of rotatable bonds is 9. The number of amides is 1. The van der Waals surface area contributed by atoms with Gasteiger partial charge in [-0.15, -0.1) is 0 Å². The molecule has 0 radical (unpaired) electrons. The van der Waals surface area contributed by atoms with Gasteiger partial charge in [0, 0.05) is 61.5 Å². The van der Waals surface area contributed by atoms with Crippen LogP contribution in [0, 0.1) is 11.7 Å². The third kappa shape index (κ3) is 6.49. The van der Waals surface area contributed by atoms with Crippen LogP contribution in [0.4, 0.5) is 4.39 Å². The summed E-state index contributed by atoms with van der Waals surface area (Å²) in [5, 5.41) is 1.10.